The number of rotatable bonds is 10. The Morgan fingerprint density at radius 3 is 1.38 bits per heavy atom. The van der Waals surface area contributed by atoms with E-state index in [0.717, 1.165) is 61.1 Å². The smallest absolute Gasteiger partial charge is 0.403 e. The van der Waals surface area contributed by atoms with Gasteiger partial charge in [0.2, 0.25) is 11.6 Å². The number of carbonyl (C=O) groups excluding carboxylic acids is 1. The fourth-order valence-corrected chi connectivity index (χ4v) is 10.1. The van der Waals surface area contributed by atoms with Crippen molar-refractivity contribution in [2.24, 2.45) is 35.5 Å². The van der Waals surface area contributed by atoms with Crippen LogP contribution in [0.15, 0.2) is 28.7 Å². The Bertz CT molecular complexity index is 1660. The summed E-state index contributed by atoms with van der Waals surface area (Å²) >= 11 is 2.61. The maximum absolute atomic E-state index is 14.5. The Kier molecular flexibility index (Phi) is 25.2. The molecule has 0 saturated heterocycles. The van der Waals surface area contributed by atoms with Gasteiger partial charge in [-0.2, -0.15) is 15.2 Å². The van der Waals surface area contributed by atoms with Gasteiger partial charge in [-0.05, 0) is 140 Å². The molecule has 6 rings (SSSR count). The Labute approximate surface area is 394 Å². The van der Waals surface area contributed by atoms with Crippen LogP contribution in [0.5, 0.6) is 11.5 Å². The minimum absolute atomic E-state index is 0. The number of hydrogen-bond donors (Lipinski definition) is 1. The van der Waals surface area contributed by atoms with Gasteiger partial charge in [0.25, 0.3) is 0 Å². The number of halogens is 11. The molecule has 4 saturated carbocycles. The van der Waals surface area contributed by atoms with Crippen LogP contribution in [0.3, 0.4) is 0 Å². The third kappa shape index (κ3) is 19.0. The van der Waals surface area contributed by atoms with E-state index in [1.54, 1.807) is 0 Å². The van der Waals surface area contributed by atoms with Crippen molar-refractivity contribution in [3.05, 3.63) is 64.5 Å². The van der Waals surface area contributed by atoms with Crippen LogP contribution in [0.4, 0.5) is 43.9 Å². The molecule has 0 radical (unpaired) electrons. The summed E-state index contributed by atoms with van der Waals surface area (Å²) in [5.74, 6) is -3.45. The number of ketones is 1. The molecule has 64 heavy (non-hydrogen) atoms. The van der Waals surface area contributed by atoms with Crippen molar-refractivity contribution in [2.75, 3.05) is 0 Å². The quantitative estimate of drug-likeness (QED) is 0.112. The number of carbonyl (C=O) groups is 1. The predicted molar refractivity (Wildman–Crippen MR) is 228 cm³/mol. The van der Waals surface area contributed by atoms with E-state index in [0.29, 0.717) is 36.5 Å². The van der Waals surface area contributed by atoms with Gasteiger partial charge in [-0.15, -0.1) is 26.3 Å². The zero-order valence-corrected chi connectivity index (χ0v) is 39.5. The summed E-state index contributed by atoms with van der Waals surface area (Å²) in [4.78, 5) is 11.2. The zero-order chi connectivity index (χ0) is 47.0. The van der Waals surface area contributed by atoms with Crippen molar-refractivity contribution in [1.82, 2.24) is 0 Å². The Morgan fingerprint density at radius 1 is 0.609 bits per heavy atom. The van der Waals surface area contributed by atoms with Gasteiger partial charge in [0.1, 0.15) is 5.78 Å². The first kappa shape index (κ1) is 58.2. The van der Waals surface area contributed by atoms with Crippen molar-refractivity contribution in [3.63, 3.8) is 0 Å². The predicted octanol–water partition coefficient (Wildman–Crippen LogP) is 13.5. The number of Topliss-reactive ketones (excluding diaryl/α,β-unsaturated/α-hetero) is 1. The van der Waals surface area contributed by atoms with Gasteiger partial charge < -0.3 is 21.5 Å². The van der Waals surface area contributed by atoms with E-state index in [1.165, 1.54) is 96.3 Å². The third-order valence-electron chi connectivity index (χ3n) is 13.3. The first-order valence-corrected chi connectivity index (χ1v) is 23.6. The van der Waals surface area contributed by atoms with E-state index in [2.05, 4.69) is 53.1 Å². The van der Waals surface area contributed by atoms with Gasteiger partial charge >= 0.3 is 31.6 Å². The van der Waals surface area contributed by atoms with E-state index in [1.807, 2.05) is 0 Å². The molecule has 1 N–H and O–H groups in total. The molecule has 0 aromatic heterocycles. The average Bonchev–Trinajstić information content (AvgIpc) is 3.24. The normalized spacial score (nSPS) is 25.2. The molecule has 0 heterocycles. The largest absolute Gasteiger partial charge is 1.00 e. The van der Waals surface area contributed by atoms with Crippen molar-refractivity contribution in [3.8, 4) is 11.5 Å². The second kappa shape index (κ2) is 27.8. The Morgan fingerprint density at radius 2 is 0.984 bits per heavy atom. The molecule has 4 aliphatic carbocycles. The second-order valence-electron chi connectivity index (χ2n) is 17.7. The first-order chi connectivity index (χ1) is 29.6. The number of aliphatic hydroxyl groups is 1. The summed E-state index contributed by atoms with van der Waals surface area (Å²) in [7, 11) is 0. The molecule has 4 nitrogen and oxygen atoms in total. The van der Waals surface area contributed by atoms with Crippen molar-refractivity contribution < 1.29 is 82.1 Å². The van der Waals surface area contributed by atoms with E-state index in [4.69, 9.17) is 0 Å². The number of unbranched alkanes of at least 4 members (excludes halogenated alkanes) is 1. The zero-order valence-electron chi connectivity index (χ0n) is 37.9. The Hall–Kier alpha value is -1.95. The van der Waals surface area contributed by atoms with Crippen LogP contribution in [0.25, 0.3) is 0 Å². The third-order valence-corrected chi connectivity index (χ3v) is 13.9. The van der Waals surface area contributed by atoms with E-state index in [9.17, 15) is 53.8 Å². The van der Waals surface area contributed by atoms with Crippen LogP contribution >= 0.6 is 15.9 Å². The van der Waals surface area contributed by atoms with Gasteiger partial charge in [-0.1, -0.05) is 78.6 Å². The van der Waals surface area contributed by atoms with E-state index in [-0.39, 0.29) is 41.7 Å². The van der Waals surface area contributed by atoms with Crippen LogP contribution in [0.2, 0.25) is 0 Å². The maximum Gasteiger partial charge on any atom is 1.00 e. The van der Waals surface area contributed by atoms with Crippen LogP contribution in [0.1, 0.15) is 168 Å². The summed E-state index contributed by atoms with van der Waals surface area (Å²) in [6, 6.07) is 3.34. The van der Waals surface area contributed by atoms with E-state index < -0.39 is 53.1 Å². The number of hydrogen-bond acceptors (Lipinski definition) is 4. The van der Waals surface area contributed by atoms with Gasteiger partial charge in [0.15, 0.2) is 23.1 Å². The molecule has 16 heteroatoms. The van der Waals surface area contributed by atoms with Crippen molar-refractivity contribution in [1.29, 1.82) is 0 Å². The molecule has 2 aromatic rings. The molecule has 4 fully saturated rings. The molecular weight excluding hydrogens is 917 g/mol. The van der Waals surface area contributed by atoms with Crippen molar-refractivity contribution in [2.45, 2.75) is 180 Å². The molecule has 0 bridgehead atoms. The minimum Gasteiger partial charge on any atom is -0.403 e. The van der Waals surface area contributed by atoms with Gasteiger partial charge in [-0.25, -0.2) is 8.78 Å². The van der Waals surface area contributed by atoms with Crippen LogP contribution in [-0.2, 0) is 10.4 Å². The monoisotopic (exact) mass is 982 g/mol. The van der Waals surface area contributed by atoms with E-state index >= 15 is 0 Å². The summed E-state index contributed by atoms with van der Waals surface area (Å²) in [5, 5.41) is 10.9. The van der Waals surface area contributed by atoms with Crippen LogP contribution in [-0.4, -0.2) is 23.6 Å². The summed E-state index contributed by atoms with van der Waals surface area (Å²) < 4.78 is 132. The molecule has 0 unspecified atom stereocenters. The SMILES string of the molecule is CCCC1CCC(C2CCC(=O)CC2)CC1.CCCC1CCC(C2CCC(O)(c3ccc(OC(F)(F)F)c(F)c3F)CC2)CC1.Fc1c(Br)ccc(OC(F)(F)F)c1F.[CH2-]CCC.[Li+]. The first-order valence-electron chi connectivity index (χ1n) is 22.8. The van der Waals surface area contributed by atoms with Gasteiger partial charge in [-0.3, -0.25) is 4.79 Å². The molecule has 0 spiro atoms. The van der Waals surface area contributed by atoms with Gasteiger partial charge in [0.05, 0.1) is 10.1 Å². The topological polar surface area (TPSA) is 55.8 Å². The van der Waals surface area contributed by atoms with Crippen molar-refractivity contribution >= 4 is 21.7 Å². The Balaban J connectivity index is 0.000000340. The maximum atomic E-state index is 14.5. The molecule has 0 aliphatic heterocycles. The molecule has 0 atom stereocenters. The fraction of sp³-hybridized carbons (Fsp3) is 0.708. The van der Waals surface area contributed by atoms with Crippen LogP contribution in [0, 0.1) is 65.7 Å². The molecular formula is C48H66BrF10LiO4. The minimum atomic E-state index is -5.11. The average molecular weight is 984 g/mol. The number of ether oxygens (including phenoxy) is 2. The molecule has 360 valence electrons. The fourth-order valence-electron chi connectivity index (χ4n) is 9.81. The second-order valence-corrected chi connectivity index (χ2v) is 18.6. The van der Waals surface area contributed by atoms with Crippen LogP contribution < -0.4 is 28.3 Å². The summed E-state index contributed by atoms with van der Waals surface area (Å²) in [6.07, 6.45) is 14.2. The molecule has 4 aliphatic rings. The summed E-state index contributed by atoms with van der Waals surface area (Å²) in [6.45, 7) is 10.2. The summed E-state index contributed by atoms with van der Waals surface area (Å²) in [5.41, 5.74) is -1.84. The molecule has 0 amide bonds. The molecule has 2 aromatic carbocycles. The van der Waals surface area contributed by atoms with Gasteiger partial charge in [0, 0.05) is 18.4 Å². The number of benzene rings is 2. The standard InChI is InChI=1S/C22H29F5O2.C15H26O.C7H2BrF5O.C4H9.Li/c1-2-3-14-4-6-15(7-5-14)16-10-12-21(28,13-11-16)17-8-9-18(20(24)19(17)23)29-22(25,26)27;1-2-3-12-4-6-13(7-5-12)14-8-10-15(16)11-9-14;8-3-1-2-4(6(10)5(3)9)14-7(11,12)13;1-3-4-2;/h8-9,14-16,28H,2-7,10-13H2,1H3;12-14H,2-11H2,1H3;1-2H;1,3-4H2,2H3;/q;;;-1;+1. The number of alkyl halides is 6.